The normalized spacial score (nSPS) is 10.3. The van der Waals surface area contributed by atoms with Crippen LogP contribution in [0.5, 0.6) is 0 Å². The Morgan fingerprint density at radius 3 is 2.40 bits per heavy atom. The molecule has 0 radical (unpaired) electrons. The summed E-state index contributed by atoms with van der Waals surface area (Å²) in [5.74, 6) is -1.13. The van der Waals surface area contributed by atoms with Crippen LogP contribution in [0, 0.1) is 0 Å². The molecule has 0 fully saturated rings. The number of amides is 1. The number of thiazole rings is 1. The molecule has 0 aliphatic carbocycles. The topological polar surface area (TPSA) is 79.3 Å². The summed E-state index contributed by atoms with van der Waals surface area (Å²) >= 11 is 1.38. The van der Waals surface area contributed by atoms with Crippen molar-refractivity contribution in [1.82, 2.24) is 4.98 Å². The Bertz CT molecular complexity index is 647. The largest absolute Gasteiger partial charge is 0.476 e. The zero-order valence-electron chi connectivity index (χ0n) is 11.1. The number of carbonyl (C=O) groups excluding carboxylic acids is 1. The molecule has 5 nitrogen and oxygen atoms in total. The predicted octanol–water partition coefficient (Wildman–Crippen LogP) is 3.03. The highest BCUT2D eigenvalue weighted by molar-refractivity contribution is 7.15. The fourth-order valence-electron chi connectivity index (χ4n) is 1.78. The van der Waals surface area contributed by atoms with Gasteiger partial charge in [0, 0.05) is 23.1 Å². The van der Waals surface area contributed by atoms with Crippen molar-refractivity contribution in [3.05, 3.63) is 34.8 Å². The van der Waals surface area contributed by atoms with Gasteiger partial charge >= 0.3 is 5.97 Å². The van der Waals surface area contributed by atoms with Gasteiger partial charge < -0.3 is 10.4 Å². The van der Waals surface area contributed by atoms with E-state index in [9.17, 15) is 9.59 Å². The number of nitrogens with zero attached hydrogens (tertiary/aromatic N) is 1. The molecule has 0 aliphatic heterocycles. The summed E-state index contributed by atoms with van der Waals surface area (Å²) < 4.78 is 0. The molecule has 0 saturated heterocycles. The van der Waals surface area contributed by atoms with Crippen molar-refractivity contribution in [3.63, 3.8) is 0 Å². The molecule has 104 valence electrons. The molecular weight excluding hydrogens is 276 g/mol. The number of hydrogen-bond acceptors (Lipinski definition) is 4. The standard InChI is InChI=1S/C14H14N2O3S/c1-3-11-12(14(18)19)16-13(20-11)9-4-6-10(7-5-9)15-8(2)17/h4-7H,3H2,1-2H3,(H,15,17)(H,18,19). The summed E-state index contributed by atoms with van der Waals surface area (Å²) in [5.41, 5.74) is 1.66. The summed E-state index contributed by atoms with van der Waals surface area (Å²) in [7, 11) is 0. The molecule has 2 N–H and O–H groups in total. The quantitative estimate of drug-likeness (QED) is 0.907. The lowest BCUT2D eigenvalue weighted by Crippen LogP contribution is -2.05. The van der Waals surface area contributed by atoms with Crippen LogP contribution in [0.25, 0.3) is 10.6 Å². The molecule has 0 unspecified atom stereocenters. The smallest absolute Gasteiger partial charge is 0.355 e. The molecular formula is C14H14N2O3S. The van der Waals surface area contributed by atoms with Crippen LogP contribution in [0.4, 0.5) is 5.69 Å². The number of aromatic carboxylic acids is 1. The minimum absolute atomic E-state index is 0.124. The molecule has 0 atom stereocenters. The lowest BCUT2D eigenvalue weighted by atomic mass is 10.2. The maximum atomic E-state index is 11.1. The third kappa shape index (κ3) is 3.03. The van der Waals surface area contributed by atoms with Crippen molar-refractivity contribution in [3.8, 4) is 10.6 Å². The van der Waals surface area contributed by atoms with E-state index in [4.69, 9.17) is 5.11 Å². The second-order valence-corrected chi connectivity index (χ2v) is 5.29. The predicted molar refractivity (Wildman–Crippen MR) is 78.2 cm³/mol. The van der Waals surface area contributed by atoms with Gasteiger partial charge in [-0.3, -0.25) is 4.79 Å². The molecule has 2 aromatic rings. The van der Waals surface area contributed by atoms with E-state index in [1.165, 1.54) is 18.3 Å². The average molecular weight is 290 g/mol. The van der Waals surface area contributed by atoms with Crippen LogP contribution in [0.3, 0.4) is 0 Å². The molecule has 1 heterocycles. The number of hydrogen-bond donors (Lipinski definition) is 2. The van der Waals surface area contributed by atoms with Crippen LogP contribution < -0.4 is 5.32 Å². The van der Waals surface area contributed by atoms with Gasteiger partial charge in [0.2, 0.25) is 5.91 Å². The van der Waals surface area contributed by atoms with Crippen LogP contribution >= 0.6 is 11.3 Å². The highest BCUT2D eigenvalue weighted by Crippen LogP contribution is 2.29. The third-order valence-corrected chi connectivity index (χ3v) is 3.92. The summed E-state index contributed by atoms with van der Waals surface area (Å²) in [6.45, 7) is 3.35. The number of carbonyl (C=O) groups is 2. The van der Waals surface area contributed by atoms with E-state index in [1.54, 1.807) is 12.1 Å². The van der Waals surface area contributed by atoms with Crippen molar-refractivity contribution in [2.75, 3.05) is 5.32 Å². The number of aryl methyl sites for hydroxylation is 1. The van der Waals surface area contributed by atoms with E-state index < -0.39 is 5.97 Å². The summed E-state index contributed by atoms with van der Waals surface area (Å²) in [5, 5.41) is 12.5. The van der Waals surface area contributed by atoms with Crippen LogP contribution in [0.2, 0.25) is 0 Å². The van der Waals surface area contributed by atoms with Crippen molar-refractivity contribution in [1.29, 1.82) is 0 Å². The maximum absolute atomic E-state index is 11.1. The second-order valence-electron chi connectivity index (χ2n) is 4.21. The van der Waals surface area contributed by atoms with Gasteiger partial charge in [-0.1, -0.05) is 6.92 Å². The fraction of sp³-hybridized carbons (Fsp3) is 0.214. The van der Waals surface area contributed by atoms with Crippen molar-refractivity contribution >= 4 is 28.9 Å². The highest BCUT2D eigenvalue weighted by Gasteiger charge is 2.16. The summed E-state index contributed by atoms with van der Waals surface area (Å²) in [6, 6.07) is 7.17. The monoisotopic (exact) mass is 290 g/mol. The first-order valence-electron chi connectivity index (χ1n) is 6.12. The molecule has 6 heteroatoms. The minimum atomic E-state index is -1.00. The van der Waals surface area contributed by atoms with Crippen molar-refractivity contribution < 1.29 is 14.7 Å². The van der Waals surface area contributed by atoms with Crippen molar-refractivity contribution in [2.45, 2.75) is 20.3 Å². The SMILES string of the molecule is CCc1sc(-c2ccc(NC(C)=O)cc2)nc1C(=O)O. The highest BCUT2D eigenvalue weighted by atomic mass is 32.1. The number of carboxylic acid groups (broad SMARTS) is 1. The number of benzene rings is 1. The Balaban J connectivity index is 2.32. The van der Waals surface area contributed by atoms with Crippen LogP contribution in [0.15, 0.2) is 24.3 Å². The first-order chi connectivity index (χ1) is 9.51. The minimum Gasteiger partial charge on any atom is -0.476 e. The lowest BCUT2D eigenvalue weighted by Gasteiger charge is -2.02. The number of nitrogens with one attached hydrogen (secondary N) is 1. The molecule has 0 bridgehead atoms. The van der Waals surface area contributed by atoms with Crippen LogP contribution in [-0.4, -0.2) is 22.0 Å². The Kier molecular flexibility index (Phi) is 4.14. The Labute approximate surface area is 120 Å². The van der Waals surface area contributed by atoms with Gasteiger partial charge in [0.05, 0.1) is 0 Å². The van der Waals surface area contributed by atoms with Gasteiger partial charge in [-0.25, -0.2) is 9.78 Å². The first kappa shape index (κ1) is 14.2. The summed E-state index contributed by atoms with van der Waals surface area (Å²) in [6.07, 6.45) is 0.642. The number of aromatic nitrogens is 1. The van der Waals surface area contributed by atoms with E-state index in [0.29, 0.717) is 17.1 Å². The van der Waals surface area contributed by atoms with Gasteiger partial charge in [0.25, 0.3) is 0 Å². The van der Waals surface area contributed by atoms with Crippen molar-refractivity contribution in [2.24, 2.45) is 0 Å². The molecule has 0 saturated carbocycles. The molecule has 2 rings (SSSR count). The Morgan fingerprint density at radius 2 is 1.95 bits per heavy atom. The zero-order chi connectivity index (χ0) is 14.7. The first-order valence-corrected chi connectivity index (χ1v) is 6.94. The van der Waals surface area contributed by atoms with Gasteiger partial charge in [0.15, 0.2) is 5.69 Å². The van der Waals surface area contributed by atoms with Gasteiger partial charge in [-0.2, -0.15) is 0 Å². The lowest BCUT2D eigenvalue weighted by molar-refractivity contribution is -0.114. The van der Waals surface area contributed by atoms with Crippen LogP contribution in [0.1, 0.15) is 29.2 Å². The zero-order valence-corrected chi connectivity index (χ0v) is 12.0. The molecule has 1 aromatic heterocycles. The number of rotatable bonds is 4. The Morgan fingerprint density at radius 1 is 1.30 bits per heavy atom. The Hall–Kier alpha value is -2.21. The number of carboxylic acids is 1. The molecule has 1 aromatic carbocycles. The maximum Gasteiger partial charge on any atom is 0.355 e. The van der Waals surface area contributed by atoms with E-state index in [1.807, 2.05) is 19.1 Å². The van der Waals surface area contributed by atoms with Gasteiger partial charge in [0.1, 0.15) is 5.01 Å². The van der Waals surface area contributed by atoms with Gasteiger partial charge in [-0.15, -0.1) is 11.3 Å². The molecule has 20 heavy (non-hydrogen) atoms. The molecule has 0 aliphatic rings. The fourth-order valence-corrected chi connectivity index (χ4v) is 2.78. The average Bonchev–Trinajstić information content (AvgIpc) is 2.83. The van der Waals surface area contributed by atoms with E-state index >= 15 is 0 Å². The number of anilines is 1. The third-order valence-electron chi connectivity index (χ3n) is 2.67. The van der Waals surface area contributed by atoms with Crippen LogP contribution in [-0.2, 0) is 11.2 Å². The summed E-state index contributed by atoms with van der Waals surface area (Å²) in [4.78, 5) is 27.0. The van der Waals surface area contributed by atoms with E-state index in [0.717, 1.165) is 10.4 Å². The molecule has 1 amide bonds. The van der Waals surface area contributed by atoms with E-state index in [2.05, 4.69) is 10.3 Å². The molecule has 0 spiro atoms. The second kappa shape index (κ2) is 5.83. The van der Waals surface area contributed by atoms with E-state index in [-0.39, 0.29) is 11.6 Å². The van der Waals surface area contributed by atoms with Gasteiger partial charge in [-0.05, 0) is 30.7 Å².